The maximum Gasteiger partial charge on any atom is 0.233 e. The van der Waals surface area contributed by atoms with Gasteiger partial charge in [0.25, 0.3) is 0 Å². The van der Waals surface area contributed by atoms with Gasteiger partial charge in [0.15, 0.2) is 6.61 Å². The molecule has 5 heteroatoms. The molecule has 2 rings (SSSR count). The highest BCUT2D eigenvalue weighted by atomic mass is 35.5. The highest BCUT2D eigenvalue weighted by molar-refractivity contribution is 6.31. The lowest BCUT2D eigenvalue weighted by molar-refractivity contribution is -0.530. The molecule has 0 bridgehead atoms. The summed E-state index contributed by atoms with van der Waals surface area (Å²) in [6.07, 6.45) is 0. The van der Waals surface area contributed by atoms with Crippen LogP contribution in [-0.4, -0.2) is 25.5 Å². The van der Waals surface area contributed by atoms with Crippen LogP contribution in [0.4, 0.5) is 0 Å². The smallest absolute Gasteiger partial charge is 0.233 e. The normalized spacial score (nSPS) is 14.2. The van der Waals surface area contributed by atoms with Crippen LogP contribution in [0.5, 0.6) is 5.75 Å². The van der Waals surface area contributed by atoms with Crippen LogP contribution < -0.4 is 22.5 Å². The summed E-state index contributed by atoms with van der Waals surface area (Å²) >= 11 is 6.03. The number of hydrogen-bond acceptors (Lipinski definition) is 2. The Bertz CT molecular complexity index is 433. The molecule has 0 saturated heterocycles. The Morgan fingerprint density at radius 1 is 1.35 bits per heavy atom. The van der Waals surface area contributed by atoms with E-state index in [1.165, 1.54) is 0 Å². The first-order valence-corrected chi connectivity index (χ1v) is 5.81. The van der Waals surface area contributed by atoms with Crippen LogP contribution in [0.25, 0.3) is 0 Å². The summed E-state index contributed by atoms with van der Waals surface area (Å²) in [5.41, 5.74) is 2.18. The second kappa shape index (κ2) is 6.24. The molecule has 1 aliphatic heterocycles. The van der Waals surface area contributed by atoms with Crippen molar-refractivity contribution in [3.8, 4) is 5.75 Å². The fourth-order valence-corrected chi connectivity index (χ4v) is 1.88. The quantitative estimate of drug-likeness (QED) is 0.703. The Morgan fingerprint density at radius 3 is 2.76 bits per heavy atom. The molecule has 0 atom stereocenters. The molecule has 1 heterocycles. The van der Waals surface area contributed by atoms with Crippen molar-refractivity contribution < 1.29 is 22.5 Å². The molecular weight excluding hydrogens is 259 g/mol. The number of benzene rings is 1. The fourth-order valence-electron chi connectivity index (χ4n) is 1.68. The van der Waals surface area contributed by atoms with Crippen LogP contribution >= 0.6 is 11.6 Å². The molecule has 94 valence electrons. The van der Waals surface area contributed by atoms with Gasteiger partial charge in [0, 0.05) is 5.02 Å². The van der Waals surface area contributed by atoms with Gasteiger partial charge in [-0.2, -0.15) is 0 Å². The van der Waals surface area contributed by atoms with Crippen molar-refractivity contribution in [3.63, 3.8) is 0 Å². The maximum atomic E-state index is 6.03. The highest BCUT2D eigenvalue weighted by Crippen LogP contribution is 2.26. The summed E-state index contributed by atoms with van der Waals surface area (Å²) in [5, 5.41) is 2.91. The molecule has 0 radical (unpaired) electrons. The van der Waals surface area contributed by atoms with Gasteiger partial charge in [-0.1, -0.05) is 11.6 Å². The van der Waals surface area contributed by atoms with Gasteiger partial charge in [-0.15, -0.1) is 0 Å². The Balaban J connectivity index is 0.00000144. The molecule has 0 aromatic heterocycles. The SMILES string of the molecule is Cc1c(Cl)ccc(OCC2=NCC[NH2+]2)c1C.[Cl-]. The lowest BCUT2D eigenvalue weighted by Crippen LogP contribution is -3.00. The fraction of sp³-hybridized carbons (Fsp3) is 0.417. The standard InChI is InChI=1S/C12H15ClN2O.ClH/c1-8-9(2)11(4-3-10(8)13)16-7-12-14-5-6-15-12;/h3-4H,5-7H2,1-2H3,(H,14,15);1H. The van der Waals surface area contributed by atoms with Crippen molar-refractivity contribution in [2.24, 2.45) is 4.99 Å². The van der Waals surface area contributed by atoms with Gasteiger partial charge in [-0.05, 0) is 37.1 Å². The first-order valence-electron chi connectivity index (χ1n) is 5.43. The van der Waals surface area contributed by atoms with E-state index in [1.807, 2.05) is 26.0 Å². The molecule has 0 spiro atoms. The van der Waals surface area contributed by atoms with E-state index >= 15 is 0 Å². The molecule has 1 aliphatic rings. The highest BCUT2D eigenvalue weighted by Gasteiger charge is 2.12. The molecular formula is C12H16Cl2N2O. The zero-order chi connectivity index (χ0) is 11.5. The zero-order valence-electron chi connectivity index (χ0n) is 9.96. The minimum absolute atomic E-state index is 0. The van der Waals surface area contributed by atoms with Crippen molar-refractivity contribution >= 4 is 17.4 Å². The lowest BCUT2D eigenvalue weighted by Gasteiger charge is -2.10. The molecule has 0 saturated carbocycles. The molecule has 0 unspecified atom stereocenters. The summed E-state index contributed by atoms with van der Waals surface area (Å²) in [5.74, 6) is 1.94. The Hall–Kier alpha value is -0.770. The van der Waals surface area contributed by atoms with Crippen LogP contribution in [0.2, 0.25) is 5.02 Å². The molecule has 0 aliphatic carbocycles. The number of halogens is 2. The van der Waals surface area contributed by atoms with E-state index in [-0.39, 0.29) is 12.4 Å². The molecule has 1 aromatic carbocycles. The van der Waals surface area contributed by atoms with Crippen LogP contribution in [0, 0.1) is 13.8 Å². The first-order chi connectivity index (χ1) is 7.68. The van der Waals surface area contributed by atoms with E-state index in [4.69, 9.17) is 16.3 Å². The average Bonchev–Trinajstić information content (AvgIpc) is 2.78. The van der Waals surface area contributed by atoms with E-state index in [0.29, 0.717) is 6.61 Å². The Kier molecular flexibility index (Phi) is 5.25. The van der Waals surface area contributed by atoms with Crippen molar-refractivity contribution in [1.29, 1.82) is 0 Å². The molecule has 3 nitrogen and oxygen atoms in total. The zero-order valence-corrected chi connectivity index (χ0v) is 11.5. The molecule has 1 aromatic rings. The summed E-state index contributed by atoms with van der Waals surface area (Å²) in [6.45, 7) is 6.52. The average molecular weight is 275 g/mol. The number of nitrogens with zero attached hydrogens (tertiary/aromatic N) is 1. The lowest BCUT2D eigenvalue weighted by atomic mass is 10.1. The number of hydrogen-bond donors (Lipinski definition) is 1. The molecule has 0 fully saturated rings. The van der Waals surface area contributed by atoms with Gasteiger partial charge < -0.3 is 17.1 Å². The number of quaternary nitrogens is 1. The number of aliphatic imine (C=N–C) groups is 1. The Labute approximate surface area is 113 Å². The largest absolute Gasteiger partial charge is 1.00 e. The van der Waals surface area contributed by atoms with Crippen LogP contribution in [0.15, 0.2) is 17.1 Å². The van der Waals surface area contributed by atoms with E-state index in [1.54, 1.807) is 0 Å². The van der Waals surface area contributed by atoms with E-state index in [2.05, 4.69) is 10.3 Å². The van der Waals surface area contributed by atoms with Crippen LogP contribution in [0.1, 0.15) is 11.1 Å². The Morgan fingerprint density at radius 2 is 2.12 bits per heavy atom. The van der Waals surface area contributed by atoms with Gasteiger partial charge in [0.05, 0.1) is 6.54 Å². The summed E-state index contributed by atoms with van der Waals surface area (Å²) in [7, 11) is 0. The molecule has 2 N–H and O–H groups in total. The van der Waals surface area contributed by atoms with E-state index in [9.17, 15) is 0 Å². The predicted octanol–water partition coefficient (Wildman–Crippen LogP) is -1.68. The van der Waals surface area contributed by atoms with Crippen molar-refractivity contribution in [2.45, 2.75) is 13.8 Å². The summed E-state index contributed by atoms with van der Waals surface area (Å²) < 4.78 is 5.74. The third kappa shape index (κ3) is 3.35. The minimum atomic E-state index is 0. The van der Waals surface area contributed by atoms with E-state index < -0.39 is 0 Å². The minimum Gasteiger partial charge on any atom is -1.00 e. The molecule has 17 heavy (non-hydrogen) atoms. The topological polar surface area (TPSA) is 38.2 Å². The third-order valence-electron chi connectivity index (χ3n) is 2.87. The maximum absolute atomic E-state index is 6.03. The summed E-state index contributed by atoms with van der Waals surface area (Å²) in [6, 6.07) is 3.79. The van der Waals surface area contributed by atoms with Crippen molar-refractivity contribution in [1.82, 2.24) is 0 Å². The van der Waals surface area contributed by atoms with Gasteiger partial charge in [-0.3, -0.25) is 5.32 Å². The number of rotatable bonds is 3. The predicted molar refractivity (Wildman–Crippen MR) is 65.5 cm³/mol. The van der Waals surface area contributed by atoms with Gasteiger partial charge in [0.2, 0.25) is 5.84 Å². The van der Waals surface area contributed by atoms with Gasteiger partial charge in [0.1, 0.15) is 12.3 Å². The van der Waals surface area contributed by atoms with Crippen molar-refractivity contribution in [3.05, 3.63) is 28.3 Å². The molecule has 0 amide bonds. The van der Waals surface area contributed by atoms with Gasteiger partial charge >= 0.3 is 0 Å². The second-order valence-corrected chi connectivity index (χ2v) is 4.36. The van der Waals surface area contributed by atoms with Crippen LogP contribution in [0.3, 0.4) is 0 Å². The van der Waals surface area contributed by atoms with Crippen LogP contribution in [-0.2, 0) is 0 Å². The van der Waals surface area contributed by atoms with E-state index in [0.717, 1.165) is 40.8 Å². The first kappa shape index (κ1) is 14.3. The second-order valence-electron chi connectivity index (χ2n) is 3.95. The monoisotopic (exact) mass is 274 g/mol. The third-order valence-corrected chi connectivity index (χ3v) is 3.28. The number of amidine groups is 1. The number of ether oxygens (including phenoxy) is 1. The number of nitrogens with two attached hydrogens (primary N) is 1. The van der Waals surface area contributed by atoms with Gasteiger partial charge in [-0.25, -0.2) is 4.99 Å². The summed E-state index contributed by atoms with van der Waals surface area (Å²) in [4.78, 5) is 4.33. The van der Waals surface area contributed by atoms with Crippen molar-refractivity contribution in [2.75, 3.05) is 19.7 Å².